The van der Waals surface area contributed by atoms with Crippen molar-refractivity contribution in [2.24, 2.45) is 0 Å². The zero-order valence-corrected chi connectivity index (χ0v) is 9.29. The first-order valence-corrected chi connectivity index (χ1v) is 5.47. The van der Waals surface area contributed by atoms with Gasteiger partial charge < -0.3 is 5.32 Å². The van der Waals surface area contributed by atoms with Gasteiger partial charge in [0.25, 0.3) is 0 Å². The van der Waals surface area contributed by atoms with E-state index in [-0.39, 0.29) is 0 Å². The van der Waals surface area contributed by atoms with Crippen LogP contribution in [0.2, 0.25) is 0 Å². The second kappa shape index (κ2) is 6.60. The van der Waals surface area contributed by atoms with Crippen molar-refractivity contribution in [3.63, 3.8) is 0 Å². The van der Waals surface area contributed by atoms with Crippen LogP contribution in [-0.2, 0) is 6.54 Å². The average molecular weight is 195 g/mol. The Labute approximate surface area is 86.5 Å². The Kier molecular flexibility index (Phi) is 5.30. The SMILES string of the molecule is CNCCCCCCn1ccc(C)n1. The first-order chi connectivity index (χ1) is 6.83. The van der Waals surface area contributed by atoms with Gasteiger partial charge in [-0.1, -0.05) is 12.8 Å². The molecule has 3 nitrogen and oxygen atoms in total. The van der Waals surface area contributed by atoms with Crippen LogP contribution in [0.3, 0.4) is 0 Å². The summed E-state index contributed by atoms with van der Waals surface area (Å²) in [5.74, 6) is 0. The van der Waals surface area contributed by atoms with Crippen molar-refractivity contribution in [3.05, 3.63) is 18.0 Å². The Morgan fingerprint density at radius 1 is 1.29 bits per heavy atom. The third-order valence-electron chi connectivity index (χ3n) is 2.34. The topological polar surface area (TPSA) is 29.9 Å². The summed E-state index contributed by atoms with van der Waals surface area (Å²) in [5.41, 5.74) is 1.11. The minimum atomic E-state index is 1.06. The Balaban J connectivity index is 1.99. The standard InChI is InChI=1S/C11H21N3/c1-11-7-10-14(13-11)9-6-4-3-5-8-12-2/h7,10,12H,3-6,8-9H2,1-2H3. The van der Waals surface area contributed by atoms with E-state index >= 15 is 0 Å². The summed E-state index contributed by atoms with van der Waals surface area (Å²) < 4.78 is 2.04. The number of nitrogens with one attached hydrogen (secondary N) is 1. The summed E-state index contributed by atoms with van der Waals surface area (Å²) in [7, 11) is 2.01. The first-order valence-electron chi connectivity index (χ1n) is 5.47. The molecule has 0 aliphatic carbocycles. The van der Waals surface area contributed by atoms with Crippen LogP contribution in [0.25, 0.3) is 0 Å². The van der Waals surface area contributed by atoms with Crippen molar-refractivity contribution >= 4 is 0 Å². The first kappa shape index (κ1) is 11.2. The fourth-order valence-electron chi connectivity index (χ4n) is 1.52. The van der Waals surface area contributed by atoms with E-state index in [4.69, 9.17) is 0 Å². The smallest absolute Gasteiger partial charge is 0.0593 e. The van der Waals surface area contributed by atoms with Crippen molar-refractivity contribution in [2.75, 3.05) is 13.6 Å². The molecule has 1 rings (SSSR count). The molecule has 0 saturated heterocycles. The minimum absolute atomic E-state index is 1.06. The second-order valence-electron chi connectivity index (χ2n) is 3.74. The maximum atomic E-state index is 4.35. The lowest BCUT2D eigenvalue weighted by Gasteiger charge is -2.01. The van der Waals surface area contributed by atoms with E-state index in [1.165, 1.54) is 25.7 Å². The third-order valence-corrected chi connectivity index (χ3v) is 2.34. The van der Waals surface area contributed by atoms with Gasteiger partial charge in [0.2, 0.25) is 0 Å². The van der Waals surface area contributed by atoms with Crippen molar-refractivity contribution in [1.82, 2.24) is 15.1 Å². The summed E-state index contributed by atoms with van der Waals surface area (Å²) in [6, 6.07) is 2.06. The highest BCUT2D eigenvalue weighted by molar-refractivity contribution is 4.94. The largest absolute Gasteiger partial charge is 0.320 e. The van der Waals surface area contributed by atoms with Crippen LogP contribution < -0.4 is 5.32 Å². The summed E-state index contributed by atoms with van der Waals surface area (Å²) >= 11 is 0. The van der Waals surface area contributed by atoms with Crippen molar-refractivity contribution < 1.29 is 0 Å². The molecule has 0 bridgehead atoms. The second-order valence-corrected chi connectivity index (χ2v) is 3.74. The minimum Gasteiger partial charge on any atom is -0.320 e. The van der Waals surface area contributed by atoms with Crippen molar-refractivity contribution in [3.8, 4) is 0 Å². The molecule has 0 fully saturated rings. The fourth-order valence-corrected chi connectivity index (χ4v) is 1.52. The zero-order chi connectivity index (χ0) is 10.2. The Morgan fingerprint density at radius 2 is 2.07 bits per heavy atom. The number of rotatable bonds is 7. The van der Waals surface area contributed by atoms with E-state index in [1.54, 1.807) is 0 Å². The Morgan fingerprint density at radius 3 is 2.71 bits per heavy atom. The fraction of sp³-hybridized carbons (Fsp3) is 0.727. The van der Waals surface area contributed by atoms with Crippen LogP contribution in [0.4, 0.5) is 0 Å². The summed E-state index contributed by atoms with van der Waals surface area (Å²) in [4.78, 5) is 0. The molecule has 0 aliphatic rings. The van der Waals surface area contributed by atoms with E-state index in [0.717, 1.165) is 18.8 Å². The van der Waals surface area contributed by atoms with E-state index in [1.807, 2.05) is 18.7 Å². The summed E-state index contributed by atoms with van der Waals surface area (Å²) in [5, 5.41) is 7.51. The van der Waals surface area contributed by atoms with Gasteiger partial charge in [-0.2, -0.15) is 5.10 Å². The van der Waals surface area contributed by atoms with Crippen molar-refractivity contribution in [1.29, 1.82) is 0 Å². The number of hydrogen-bond acceptors (Lipinski definition) is 2. The maximum Gasteiger partial charge on any atom is 0.0593 e. The van der Waals surface area contributed by atoms with E-state index in [0.29, 0.717) is 0 Å². The van der Waals surface area contributed by atoms with Gasteiger partial charge in [-0.15, -0.1) is 0 Å². The molecule has 0 radical (unpaired) electrons. The molecule has 1 N–H and O–H groups in total. The van der Waals surface area contributed by atoms with Crippen LogP contribution in [0.15, 0.2) is 12.3 Å². The summed E-state index contributed by atoms with van der Waals surface area (Å²) in [6.07, 6.45) is 7.21. The Bertz CT molecular complexity index is 242. The summed E-state index contributed by atoms with van der Waals surface area (Å²) in [6.45, 7) is 4.23. The molecule has 80 valence electrons. The molecule has 1 aromatic rings. The van der Waals surface area contributed by atoms with Crippen LogP contribution in [-0.4, -0.2) is 23.4 Å². The van der Waals surface area contributed by atoms with Crippen LogP contribution in [0.1, 0.15) is 31.4 Å². The molecular weight excluding hydrogens is 174 g/mol. The van der Waals surface area contributed by atoms with Crippen LogP contribution in [0, 0.1) is 6.92 Å². The molecule has 0 aliphatic heterocycles. The molecule has 1 aromatic heterocycles. The van der Waals surface area contributed by atoms with Crippen LogP contribution in [0.5, 0.6) is 0 Å². The van der Waals surface area contributed by atoms with Gasteiger partial charge in [0.05, 0.1) is 5.69 Å². The molecular formula is C11H21N3. The van der Waals surface area contributed by atoms with E-state index in [9.17, 15) is 0 Å². The predicted octanol–water partition coefficient (Wildman–Crippen LogP) is 1.97. The lowest BCUT2D eigenvalue weighted by molar-refractivity contribution is 0.529. The molecule has 0 spiro atoms. The van der Waals surface area contributed by atoms with Gasteiger partial charge >= 0.3 is 0 Å². The molecule has 0 unspecified atom stereocenters. The van der Waals surface area contributed by atoms with Gasteiger partial charge in [-0.05, 0) is 39.4 Å². The van der Waals surface area contributed by atoms with Crippen molar-refractivity contribution in [2.45, 2.75) is 39.2 Å². The molecule has 0 saturated carbocycles. The highest BCUT2D eigenvalue weighted by atomic mass is 15.3. The molecule has 1 heterocycles. The number of hydrogen-bond donors (Lipinski definition) is 1. The number of aromatic nitrogens is 2. The zero-order valence-electron chi connectivity index (χ0n) is 9.29. The quantitative estimate of drug-likeness (QED) is 0.674. The monoisotopic (exact) mass is 195 g/mol. The number of nitrogens with zero attached hydrogens (tertiary/aromatic N) is 2. The molecule has 0 atom stereocenters. The maximum absolute atomic E-state index is 4.35. The van der Waals surface area contributed by atoms with E-state index in [2.05, 4.69) is 22.7 Å². The lowest BCUT2D eigenvalue weighted by atomic mass is 10.2. The average Bonchev–Trinajstić information content (AvgIpc) is 2.58. The Hall–Kier alpha value is -0.830. The normalized spacial score (nSPS) is 10.7. The molecule has 14 heavy (non-hydrogen) atoms. The van der Waals surface area contributed by atoms with Gasteiger partial charge in [0.1, 0.15) is 0 Å². The van der Waals surface area contributed by atoms with E-state index < -0.39 is 0 Å². The molecule has 0 amide bonds. The molecule has 3 heteroatoms. The van der Waals surface area contributed by atoms with Gasteiger partial charge in [0, 0.05) is 12.7 Å². The van der Waals surface area contributed by atoms with Gasteiger partial charge in [0.15, 0.2) is 0 Å². The number of unbranched alkanes of at least 4 members (excludes halogenated alkanes) is 3. The van der Waals surface area contributed by atoms with Gasteiger partial charge in [-0.25, -0.2) is 0 Å². The molecule has 0 aromatic carbocycles. The highest BCUT2D eigenvalue weighted by Crippen LogP contribution is 2.02. The van der Waals surface area contributed by atoms with Crippen LogP contribution >= 0.6 is 0 Å². The van der Waals surface area contributed by atoms with Gasteiger partial charge in [-0.3, -0.25) is 4.68 Å². The number of aryl methyl sites for hydroxylation is 2. The predicted molar refractivity (Wildman–Crippen MR) is 59.4 cm³/mol. The lowest BCUT2D eigenvalue weighted by Crippen LogP contribution is -2.07. The third kappa shape index (κ3) is 4.42. The highest BCUT2D eigenvalue weighted by Gasteiger charge is 1.94.